The lowest BCUT2D eigenvalue weighted by molar-refractivity contribution is 0.593. The van der Waals surface area contributed by atoms with Crippen LogP contribution in [0.25, 0.3) is 72.3 Å². The smallest absolute Gasteiger partial charge is 0.172 e. The number of para-hydroxylation sites is 1. The van der Waals surface area contributed by atoms with E-state index < -0.39 is 7.14 Å². The molecule has 0 amide bonds. The molecular formula is C47H31N2OP. The van der Waals surface area contributed by atoms with Gasteiger partial charge in [0, 0.05) is 32.2 Å². The average molecular weight is 671 g/mol. The van der Waals surface area contributed by atoms with Crippen molar-refractivity contribution < 1.29 is 4.57 Å². The van der Waals surface area contributed by atoms with Crippen molar-refractivity contribution in [3.05, 3.63) is 188 Å². The maximum atomic E-state index is 15.8. The molecule has 51 heavy (non-hydrogen) atoms. The molecule has 9 aromatic rings. The summed E-state index contributed by atoms with van der Waals surface area (Å²) in [4.78, 5) is 5.36. The van der Waals surface area contributed by atoms with Gasteiger partial charge in [0.25, 0.3) is 0 Å². The molecule has 0 saturated heterocycles. The maximum absolute atomic E-state index is 15.8. The Morgan fingerprint density at radius 1 is 0.451 bits per heavy atom. The zero-order valence-electron chi connectivity index (χ0n) is 27.6. The normalized spacial score (nSPS) is 14.8. The van der Waals surface area contributed by atoms with Crippen LogP contribution in [0.3, 0.4) is 0 Å². The molecule has 1 atom stereocenters. The monoisotopic (exact) mass is 670 g/mol. The molecular weight excluding hydrogens is 640 g/mol. The second-order valence-electron chi connectivity index (χ2n) is 13.1. The molecule has 0 spiro atoms. The van der Waals surface area contributed by atoms with Gasteiger partial charge in [-0.25, -0.2) is 4.98 Å². The van der Waals surface area contributed by atoms with E-state index in [4.69, 9.17) is 4.98 Å². The molecule has 2 aromatic heterocycles. The quantitative estimate of drug-likeness (QED) is 0.171. The van der Waals surface area contributed by atoms with Crippen molar-refractivity contribution in [2.24, 2.45) is 0 Å². The Morgan fingerprint density at radius 2 is 1.04 bits per heavy atom. The van der Waals surface area contributed by atoms with Crippen LogP contribution in [0.4, 0.5) is 0 Å². The highest BCUT2D eigenvalue weighted by atomic mass is 31.2. The lowest BCUT2D eigenvalue weighted by atomic mass is 9.99. The highest BCUT2D eigenvalue weighted by molar-refractivity contribution is 7.86. The third-order valence-corrected chi connectivity index (χ3v) is 13.4. The molecule has 0 radical (unpaired) electrons. The van der Waals surface area contributed by atoms with Gasteiger partial charge in [-0.2, -0.15) is 0 Å². The number of hydrogen-bond acceptors (Lipinski definition) is 2. The number of hydrogen-bond donors (Lipinski definition) is 0. The molecule has 0 bridgehead atoms. The van der Waals surface area contributed by atoms with E-state index in [0.29, 0.717) is 0 Å². The summed E-state index contributed by atoms with van der Waals surface area (Å²) >= 11 is 0. The number of nitrogens with zero attached hydrogens (tertiary/aromatic N) is 2. The minimum Gasteiger partial charge on any atom is -0.309 e. The molecule has 0 N–H and O–H groups in total. The van der Waals surface area contributed by atoms with Crippen LogP contribution in [0.15, 0.2) is 188 Å². The lowest BCUT2D eigenvalue weighted by Gasteiger charge is -2.17. The zero-order valence-corrected chi connectivity index (χ0v) is 28.5. The van der Waals surface area contributed by atoms with Gasteiger partial charge in [0.2, 0.25) is 0 Å². The number of rotatable bonds is 5. The summed E-state index contributed by atoms with van der Waals surface area (Å²) in [5.74, 6) is 0.815. The Kier molecular flexibility index (Phi) is 6.77. The topological polar surface area (TPSA) is 34.9 Å². The Balaban J connectivity index is 1.25. The predicted octanol–water partition coefficient (Wildman–Crippen LogP) is 10.8. The predicted molar refractivity (Wildman–Crippen MR) is 213 cm³/mol. The van der Waals surface area contributed by atoms with Crippen molar-refractivity contribution in [1.82, 2.24) is 9.55 Å². The summed E-state index contributed by atoms with van der Waals surface area (Å²) < 4.78 is 18.1. The van der Waals surface area contributed by atoms with Crippen LogP contribution in [0.2, 0.25) is 0 Å². The molecule has 4 heteroatoms. The fourth-order valence-electron chi connectivity index (χ4n) is 7.88. The van der Waals surface area contributed by atoms with Gasteiger partial charge in [-0.3, -0.25) is 4.57 Å². The Hall–Kier alpha value is -6.28. The molecule has 3 nitrogen and oxygen atoms in total. The van der Waals surface area contributed by atoms with Crippen LogP contribution in [0.5, 0.6) is 0 Å². The van der Waals surface area contributed by atoms with Crippen molar-refractivity contribution in [1.29, 1.82) is 0 Å². The first-order chi connectivity index (χ1) is 25.2. The Bertz CT molecular complexity index is 2810. The van der Waals surface area contributed by atoms with Gasteiger partial charge in [-0.05, 0) is 57.6 Å². The van der Waals surface area contributed by atoms with E-state index in [1.165, 1.54) is 11.1 Å². The summed E-state index contributed by atoms with van der Waals surface area (Å²) in [6.07, 6.45) is 0. The molecule has 240 valence electrons. The highest BCUT2D eigenvalue weighted by Gasteiger charge is 2.42. The molecule has 1 unspecified atom stereocenters. The van der Waals surface area contributed by atoms with Crippen molar-refractivity contribution in [3.63, 3.8) is 0 Å². The number of benzene rings is 7. The highest BCUT2D eigenvalue weighted by Crippen LogP contribution is 2.55. The van der Waals surface area contributed by atoms with Gasteiger partial charge in [0.05, 0.1) is 16.7 Å². The minimum absolute atomic E-state index is 0.815. The SMILES string of the molecule is O=P1(c2ccccc2)c2ccccc2-c2ccc3c(c21)c1ccccc1n3-c1cc(-c2ccc(-c3ccccc3)cc2)cc(-c2ccccc2)n1. The Labute approximate surface area is 296 Å². The fraction of sp³-hybridized carbons (Fsp3) is 0. The number of aromatic nitrogens is 2. The fourth-order valence-corrected chi connectivity index (χ4v) is 11.2. The standard InChI is InChI=1S/C47H31N2OP/c50-51(37-18-8-3-9-19-37)44-23-13-11-20-38(44)39-28-29-43-46(47(39)51)40-21-10-12-22-42(40)49(43)45-31-36(30-41(48-45)35-16-6-2-7-17-35)34-26-24-33(25-27-34)32-14-4-1-5-15-32/h1-31H. The zero-order chi connectivity index (χ0) is 33.9. The van der Waals surface area contributed by atoms with E-state index in [1.54, 1.807) is 0 Å². The maximum Gasteiger partial charge on any atom is 0.172 e. The largest absolute Gasteiger partial charge is 0.309 e. The third kappa shape index (κ3) is 4.59. The molecule has 7 aromatic carbocycles. The van der Waals surface area contributed by atoms with Crippen LogP contribution >= 0.6 is 7.14 Å². The lowest BCUT2D eigenvalue weighted by Crippen LogP contribution is -2.21. The van der Waals surface area contributed by atoms with E-state index >= 15 is 4.57 Å². The first kappa shape index (κ1) is 29.6. The first-order valence-electron chi connectivity index (χ1n) is 17.2. The summed E-state index contributed by atoms with van der Waals surface area (Å²) in [5, 5.41) is 4.76. The van der Waals surface area contributed by atoms with Gasteiger partial charge in [-0.1, -0.05) is 164 Å². The summed E-state index contributed by atoms with van der Waals surface area (Å²) in [5.41, 5.74) is 10.6. The second kappa shape index (κ2) is 11.7. The molecule has 3 heterocycles. The number of fused-ring (bicyclic) bond motifs is 7. The van der Waals surface area contributed by atoms with E-state index in [2.05, 4.69) is 132 Å². The van der Waals surface area contributed by atoms with Crippen LogP contribution in [0.1, 0.15) is 0 Å². The van der Waals surface area contributed by atoms with Gasteiger partial charge >= 0.3 is 0 Å². The minimum atomic E-state index is -3.21. The summed E-state index contributed by atoms with van der Waals surface area (Å²) in [7, 11) is -3.21. The van der Waals surface area contributed by atoms with E-state index in [1.807, 2.05) is 60.7 Å². The molecule has 0 fully saturated rings. The van der Waals surface area contributed by atoms with Crippen molar-refractivity contribution in [3.8, 4) is 50.5 Å². The second-order valence-corrected chi connectivity index (χ2v) is 15.7. The summed E-state index contributed by atoms with van der Waals surface area (Å²) in [6, 6.07) is 65.0. The third-order valence-electron chi connectivity index (χ3n) is 10.2. The van der Waals surface area contributed by atoms with Crippen LogP contribution in [-0.2, 0) is 4.57 Å². The first-order valence-corrected chi connectivity index (χ1v) is 19.0. The van der Waals surface area contributed by atoms with Gasteiger partial charge < -0.3 is 4.57 Å². The molecule has 10 rings (SSSR count). The van der Waals surface area contributed by atoms with Gasteiger partial charge in [-0.15, -0.1) is 0 Å². The number of pyridine rings is 1. The van der Waals surface area contributed by atoms with Gasteiger partial charge in [0.15, 0.2) is 7.14 Å². The molecule has 0 saturated carbocycles. The molecule has 0 aliphatic carbocycles. The van der Waals surface area contributed by atoms with Crippen LogP contribution in [-0.4, -0.2) is 9.55 Å². The summed E-state index contributed by atoms with van der Waals surface area (Å²) in [6.45, 7) is 0. The van der Waals surface area contributed by atoms with Crippen LogP contribution < -0.4 is 15.9 Å². The van der Waals surface area contributed by atoms with Crippen LogP contribution in [0, 0.1) is 0 Å². The van der Waals surface area contributed by atoms with Crippen molar-refractivity contribution in [2.45, 2.75) is 0 Å². The van der Waals surface area contributed by atoms with Crippen molar-refractivity contribution >= 4 is 44.9 Å². The van der Waals surface area contributed by atoms with E-state index in [-0.39, 0.29) is 0 Å². The van der Waals surface area contributed by atoms with E-state index in [9.17, 15) is 0 Å². The van der Waals surface area contributed by atoms with Gasteiger partial charge in [0.1, 0.15) is 5.82 Å². The van der Waals surface area contributed by atoms with E-state index in [0.717, 1.165) is 77.0 Å². The Morgan fingerprint density at radius 3 is 1.78 bits per heavy atom. The van der Waals surface area contributed by atoms with Crippen molar-refractivity contribution in [2.75, 3.05) is 0 Å². The molecule has 1 aliphatic rings. The molecule has 1 aliphatic heterocycles. The average Bonchev–Trinajstić information content (AvgIpc) is 3.69.